The zero-order valence-electron chi connectivity index (χ0n) is 9.39. The second kappa shape index (κ2) is 4.65. The molecule has 1 aliphatic carbocycles. The lowest BCUT2D eigenvalue weighted by molar-refractivity contribution is 0.0264. The van der Waals surface area contributed by atoms with Gasteiger partial charge in [0.2, 0.25) is 0 Å². The van der Waals surface area contributed by atoms with Crippen LogP contribution < -0.4 is 0 Å². The number of aliphatic hydroxyl groups excluding tert-OH is 1. The summed E-state index contributed by atoms with van der Waals surface area (Å²) in [5, 5.41) is 16.3. The molecular weight excluding hydrogens is 206 g/mol. The number of hydrogen-bond acceptors (Lipinski definition) is 3. The Labute approximate surface area is 94.5 Å². The topological polar surface area (TPSA) is 69.2 Å². The molecule has 1 fully saturated rings. The van der Waals surface area contributed by atoms with Gasteiger partial charge < -0.3 is 10.0 Å². The predicted molar refractivity (Wildman–Crippen MR) is 58.9 cm³/mol. The first-order chi connectivity index (χ1) is 7.70. The summed E-state index contributed by atoms with van der Waals surface area (Å²) in [6.07, 6.45) is 4.93. The van der Waals surface area contributed by atoms with Crippen LogP contribution in [0.25, 0.3) is 0 Å². The molecule has 0 spiro atoms. The third-order valence-electron chi connectivity index (χ3n) is 3.24. The van der Waals surface area contributed by atoms with Crippen LogP contribution in [-0.4, -0.2) is 45.3 Å². The quantitative estimate of drug-likeness (QED) is 0.778. The smallest absolute Gasteiger partial charge is 0.271 e. The average Bonchev–Trinajstić information content (AvgIpc) is 2.81. The Morgan fingerprint density at radius 2 is 2.31 bits per heavy atom. The zero-order chi connectivity index (χ0) is 11.5. The molecule has 1 aromatic rings. The van der Waals surface area contributed by atoms with Crippen molar-refractivity contribution in [3.8, 4) is 0 Å². The maximum Gasteiger partial charge on any atom is 0.271 e. The minimum Gasteiger partial charge on any atom is -0.391 e. The van der Waals surface area contributed by atoms with E-state index < -0.39 is 6.10 Å². The molecule has 1 saturated carbocycles. The molecule has 0 radical (unpaired) electrons. The molecule has 0 aliphatic heterocycles. The van der Waals surface area contributed by atoms with Gasteiger partial charge in [-0.05, 0) is 18.9 Å². The molecule has 2 unspecified atom stereocenters. The largest absolute Gasteiger partial charge is 0.391 e. The predicted octanol–water partition coefficient (Wildman–Crippen LogP) is 0.785. The Bertz CT molecular complexity index is 350. The van der Waals surface area contributed by atoms with Gasteiger partial charge in [0, 0.05) is 13.2 Å². The number of nitrogens with one attached hydrogen (secondary N) is 1. The maximum atomic E-state index is 12.0. The molecule has 1 aliphatic rings. The van der Waals surface area contributed by atoms with Gasteiger partial charge in [-0.3, -0.25) is 9.89 Å². The molecule has 0 bridgehead atoms. The van der Waals surface area contributed by atoms with Gasteiger partial charge in [0.05, 0.1) is 12.1 Å². The minimum absolute atomic E-state index is 0.0652. The monoisotopic (exact) mass is 223 g/mol. The number of likely N-dealkylation sites (N-methyl/N-ethyl adjacent to an activating group) is 1. The fraction of sp³-hybridized carbons (Fsp3) is 0.636. The van der Waals surface area contributed by atoms with E-state index in [0.29, 0.717) is 5.69 Å². The van der Waals surface area contributed by atoms with Crippen LogP contribution in [0.5, 0.6) is 0 Å². The van der Waals surface area contributed by atoms with Crippen LogP contribution in [-0.2, 0) is 0 Å². The van der Waals surface area contributed by atoms with Crippen LogP contribution >= 0.6 is 0 Å². The Kier molecular flexibility index (Phi) is 3.24. The minimum atomic E-state index is -0.398. The summed E-state index contributed by atoms with van der Waals surface area (Å²) < 4.78 is 0. The number of carbonyl (C=O) groups is 1. The number of carbonyl (C=O) groups excluding carboxylic acids is 1. The molecule has 0 saturated heterocycles. The maximum absolute atomic E-state index is 12.0. The number of nitrogens with zero attached hydrogens (tertiary/aromatic N) is 2. The number of rotatable bonds is 2. The molecule has 2 N–H and O–H groups in total. The lowest BCUT2D eigenvalue weighted by Gasteiger charge is -2.34. The zero-order valence-corrected chi connectivity index (χ0v) is 9.39. The summed E-state index contributed by atoms with van der Waals surface area (Å²) in [6.45, 7) is 0. The standard InChI is InChI=1S/C11H17N3O2/c1-14(9-4-2-3-5-10(9)15)11(16)8-6-7-12-13-8/h6-7,9-10,15H,2-5H2,1H3,(H,12,13). The van der Waals surface area contributed by atoms with Crippen LogP contribution in [0.4, 0.5) is 0 Å². The van der Waals surface area contributed by atoms with Gasteiger partial charge in [0.1, 0.15) is 5.69 Å². The highest BCUT2D eigenvalue weighted by atomic mass is 16.3. The van der Waals surface area contributed by atoms with Crippen molar-refractivity contribution in [1.29, 1.82) is 0 Å². The van der Waals surface area contributed by atoms with E-state index in [-0.39, 0.29) is 11.9 Å². The summed E-state index contributed by atoms with van der Waals surface area (Å²) in [4.78, 5) is 13.6. The highest BCUT2D eigenvalue weighted by Crippen LogP contribution is 2.23. The van der Waals surface area contributed by atoms with E-state index in [9.17, 15) is 9.90 Å². The van der Waals surface area contributed by atoms with E-state index in [0.717, 1.165) is 25.7 Å². The average molecular weight is 223 g/mol. The van der Waals surface area contributed by atoms with Crippen LogP contribution in [0.15, 0.2) is 12.3 Å². The summed E-state index contributed by atoms with van der Waals surface area (Å²) >= 11 is 0. The van der Waals surface area contributed by atoms with E-state index in [4.69, 9.17) is 0 Å². The Morgan fingerprint density at radius 1 is 1.56 bits per heavy atom. The van der Waals surface area contributed by atoms with E-state index in [1.165, 1.54) is 0 Å². The molecule has 1 heterocycles. The van der Waals surface area contributed by atoms with E-state index in [1.54, 1.807) is 24.2 Å². The van der Waals surface area contributed by atoms with Crippen LogP contribution in [0.2, 0.25) is 0 Å². The van der Waals surface area contributed by atoms with Gasteiger partial charge in [-0.25, -0.2) is 0 Å². The van der Waals surface area contributed by atoms with Gasteiger partial charge >= 0.3 is 0 Å². The van der Waals surface area contributed by atoms with Gasteiger partial charge in [-0.2, -0.15) is 5.10 Å². The first-order valence-electron chi connectivity index (χ1n) is 5.64. The SMILES string of the molecule is CN(C(=O)c1ccn[nH]1)C1CCCCC1O. The van der Waals surface area contributed by atoms with Crippen molar-refractivity contribution in [3.05, 3.63) is 18.0 Å². The normalized spacial score (nSPS) is 25.4. The van der Waals surface area contributed by atoms with E-state index in [1.807, 2.05) is 0 Å². The molecule has 0 aromatic carbocycles. The molecule has 2 atom stereocenters. The summed E-state index contributed by atoms with van der Waals surface area (Å²) in [5.74, 6) is -0.108. The molecule has 1 aromatic heterocycles. The van der Waals surface area contributed by atoms with Crippen molar-refractivity contribution < 1.29 is 9.90 Å². The summed E-state index contributed by atoms with van der Waals surface area (Å²) in [5.41, 5.74) is 0.472. The molecule has 2 rings (SSSR count). The number of H-pyrrole nitrogens is 1. The molecule has 1 amide bonds. The van der Waals surface area contributed by atoms with E-state index >= 15 is 0 Å². The van der Waals surface area contributed by atoms with Crippen molar-refractivity contribution >= 4 is 5.91 Å². The van der Waals surface area contributed by atoms with Gasteiger partial charge in [-0.15, -0.1) is 0 Å². The van der Waals surface area contributed by atoms with Crippen molar-refractivity contribution in [3.63, 3.8) is 0 Å². The summed E-state index contributed by atoms with van der Waals surface area (Å²) in [6, 6.07) is 1.58. The Balaban J connectivity index is 2.06. The third kappa shape index (κ3) is 2.09. The Hall–Kier alpha value is -1.36. The first kappa shape index (κ1) is 11.1. The molecule has 88 valence electrons. The van der Waals surface area contributed by atoms with Crippen LogP contribution in [0, 0.1) is 0 Å². The van der Waals surface area contributed by atoms with E-state index in [2.05, 4.69) is 10.2 Å². The highest BCUT2D eigenvalue weighted by molar-refractivity contribution is 5.92. The first-order valence-corrected chi connectivity index (χ1v) is 5.64. The van der Waals surface area contributed by atoms with Crippen molar-refractivity contribution in [2.75, 3.05) is 7.05 Å². The molecule has 5 heteroatoms. The second-order valence-corrected chi connectivity index (χ2v) is 4.31. The third-order valence-corrected chi connectivity index (χ3v) is 3.24. The van der Waals surface area contributed by atoms with Gasteiger partial charge in [-0.1, -0.05) is 12.8 Å². The van der Waals surface area contributed by atoms with Crippen LogP contribution in [0.1, 0.15) is 36.2 Å². The second-order valence-electron chi connectivity index (χ2n) is 4.31. The number of amides is 1. The molecular formula is C11H17N3O2. The fourth-order valence-corrected chi connectivity index (χ4v) is 2.26. The van der Waals surface area contributed by atoms with Crippen molar-refractivity contribution in [2.24, 2.45) is 0 Å². The Morgan fingerprint density at radius 3 is 2.94 bits per heavy atom. The lowest BCUT2D eigenvalue weighted by Crippen LogP contribution is -2.46. The number of hydrogen-bond donors (Lipinski definition) is 2. The van der Waals surface area contributed by atoms with Gasteiger partial charge in [0.15, 0.2) is 0 Å². The van der Waals surface area contributed by atoms with Gasteiger partial charge in [0.25, 0.3) is 5.91 Å². The highest BCUT2D eigenvalue weighted by Gasteiger charge is 2.30. The van der Waals surface area contributed by atoms with Crippen LogP contribution in [0.3, 0.4) is 0 Å². The number of aromatic amines is 1. The number of aliphatic hydroxyl groups is 1. The summed E-state index contributed by atoms with van der Waals surface area (Å²) in [7, 11) is 1.74. The molecule has 16 heavy (non-hydrogen) atoms. The molecule has 5 nitrogen and oxygen atoms in total. The lowest BCUT2D eigenvalue weighted by atomic mass is 9.91. The fourth-order valence-electron chi connectivity index (χ4n) is 2.26. The number of aromatic nitrogens is 2. The van der Waals surface area contributed by atoms with Crippen molar-refractivity contribution in [1.82, 2.24) is 15.1 Å². The van der Waals surface area contributed by atoms with Crippen molar-refractivity contribution in [2.45, 2.75) is 37.8 Å².